The lowest BCUT2D eigenvalue weighted by molar-refractivity contribution is -0.385. The Morgan fingerprint density at radius 1 is 1.61 bits per heavy atom. The maximum atomic E-state index is 10.9. The van der Waals surface area contributed by atoms with Crippen LogP contribution in [0.2, 0.25) is 0 Å². The lowest BCUT2D eigenvalue weighted by Gasteiger charge is -2.26. The van der Waals surface area contributed by atoms with Gasteiger partial charge in [0.25, 0.3) is 0 Å². The maximum absolute atomic E-state index is 10.9. The minimum absolute atomic E-state index is 0.0700. The van der Waals surface area contributed by atoms with Crippen LogP contribution in [-0.2, 0) is 0 Å². The maximum Gasteiger partial charge on any atom is 0.363 e. The van der Waals surface area contributed by atoms with E-state index < -0.39 is 22.3 Å². The summed E-state index contributed by atoms with van der Waals surface area (Å²) in [6.45, 7) is 2.13. The Morgan fingerprint density at radius 2 is 2.33 bits per heavy atom. The lowest BCUT2D eigenvalue weighted by Crippen LogP contribution is -2.18. The molecule has 7 heteroatoms. The van der Waals surface area contributed by atoms with Crippen LogP contribution in [0, 0.1) is 16.0 Å². The van der Waals surface area contributed by atoms with Gasteiger partial charge in [-0.05, 0) is 18.8 Å². The number of carboxylic acids is 1. The summed E-state index contributed by atoms with van der Waals surface area (Å²) in [5.74, 6) is -0.815. The van der Waals surface area contributed by atoms with E-state index in [0.717, 1.165) is 25.7 Å². The van der Waals surface area contributed by atoms with E-state index in [1.54, 1.807) is 0 Å². The Hall–Kier alpha value is -1.92. The molecule has 7 nitrogen and oxygen atoms in total. The summed E-state index contributed by atoms with van der Waals surface area (Å²) in [7, 11) is 0. The number of aromatic carboxylic acids is 1. The van der Waals surface area contributed by atoms with Crippen molar-refractivity contribution >= 4 is 11.7 Å². The molecular formula is C11H15N3O4. The Morgan fingerprint density at radius 3 is 2.83 bits per heavy atom. The van der Waals surface area contributed by atoms with Crippen LogP contribution >= 0.6 is 0 Å². The van der Waals surface area contributed by atoms with E-state index in [1.807, 2.05) is 0 Å². The summed E-state index contributed by atoms with van der Waals surface area (Å²) >= 11 is 0. The third-order valence-electron chi connectivity index (χ3n) is 3.39. The fourth-order valence-corrected chi connectivity index (χ4v) is 2.50. The van der Waals surface area contributed by atoms with Gasteiger partial charge in [0.05, 0.1) is 11.0 Å². The minimum atomic E-state index is -1.36. The van der Waals surface area contributed by atoms with Gasteiger partial charge in [0, 0.05) is 0 Å². The smallest absolute Gasteiger partial charge is 0.363 e. The second kappa shape index (κ2) is 4.75. The van der Waals surface area contributed by atoms with Crippen molar-refractivity contribution in [2.45, 2.75) is 38.6 Å². The van der Waals surface area contributed by atoms with E-state index in [4.69, 9.17) is 5.11 Å². The largest absolute Gasteiger partial charge is 0.476 e. The van der Waals surface area contributed by atoms with E-state index in [9.17, 15) is 14.9 Å². The Bertz CT molecular complexity index is 451. The molecule has 1 aromatic heterocycles. The molecule has 1 aliphatic carbocycles. The standard InChI is InChI=1S/C11H15N3O4/c1-7-3-2-4-8(5-7)13-6-9(14(17)18)10(12-13)11(15)16/h6-8H,2-5H2,1H3,(H,15,16). The average Bonchev–Trinajstić information content (AvgIpc) is 2.73. The van der Waals surface area contributed by atoms with Crippen molar-refractivity contribution in [3.05, 3.63) is 22.0 Å². The average molecular weight is 253 g/mol. The first-order valence-electron chi connectivity index (χ1n) is 5.96. The quantitative estimate of drug-likeness (QED) is 0.657. The molecule has 2 unspecified atom stereocenters. The van der Waals surface area contributed by atoms with Crippen LogP contribution < -0.4 is 0 Å². The SMILES string of the molecule is CC1CCCC(n2cc([N+](=O)[O-])c(C(=O)O)n2)C1. The molecule has 0 spiro atoms. The normalized spacial score (nSPS) is 23.8. The lowest BCUT2D eigenvalue weighted by atomic mass is 9.87. The molecule has 1 saturated carbocycles. The number of nitro groups is 1. The molecule has 0 bridgehead atoms. The van der Waals surface area contributed by atoms with E-state index in [0.29, 0.717) is 5.92 Å². The zero-order chi connectivity index (χ0) is 13.3. The van der Waals surface area contributed by atoms with Crippen LogP contribution in [0.25, 0.3) is 0 Å². The number of rotatable bonds is 3. The van der Waals surface area contributed by atoms with Gasteiger partial charge in [-0.1, -0.05) is 19.8 Å². The van der Waals surface area contributed by atoms with Gasteiger partial charge in [-0.3, -0.25) is 14.8 Å². The molecule has 0 radical (unpaired) electrons. The first-order valence-corrected chi connectivity index (χ1v) is 5.96. The van der Waals surface area contributed by atoms with Crippen LogP contribution in [0.1, 0.15) is 49.1 Å². The number of carbonyl (C=O) groups is 1. The molecular weight excluding hydrogens is 238 g/mol. The molecule has 1 fully saturated rings. The van der Waals surface area contributed by atoms with Crippen LogP contribution in [0.5, 0.6) is 0 Å². The highest BCUT2D eigenvalue weighted by molar-refractivity contribution is 5.89. The van der Waals surface area contributed by atoms with Crippen molar-refractivity contribution in [1.29, 1.82) is 0 Å². The topological polar surface area (TPSA) is 98.3 Å². The summed E-state index contributed by atoms with van der Waals surface area (Å²) in [6.07, 6.45) is 5.21. The van der Waals surface area contributed by atoms with Crippen molar-refractivity contribution in [2.75, 3.05) is 0 Å². The van der Waals surface area contributed by atoms with Crippen molar-refractivity contribution in [1.82, 2.24) is 9.78 Å². The van der Waals surface area contributed by atoms with Crippen molar-refractivity contribution in [3.63, 3.8) is 0 Å². The van der Waals surface area contributed by atoms with Crippen molar-refractivity contribution in [2.24, 2.45) is 5.92 Å². The van der Waals surface area contributed by atoms with Crippen molar-refractivity contribution < 1.29 is 14.8 Å². The van der Waals surface area contributed by atoms with Gasteiger partial charge in [0.15, 0.2) is 0 Å². The first kappa shape index (κ1) is 12.5. The Balaban J connectivity index is 2.31. The third kappa shape index (κ3) is 2.34. The first-order chi connectivity index (χ1) is 8.49. The summed E-state index contributed by atoms with van der Waals surface area (Å²) < 4.78 is 1.46. The van der Waals surface area contributed by atoms with Gasteiger partial charge in [-0.25, -0.2) is 4.79 Å². The van der Waals surface area contributed by atoms with Gasteiger partial charge in [0.2, 0.25) is 5.69 Å². The van der Waals surface area contributed by atoms with Gasteiger partial charge in [-0.2, -0.15) is 5.10 Å². The molecule has 1 heterocycles. The molecule has 0 amide bonds. The fraction of sp³-hybridized carbons (Fsp3) is 0.636. The fourth-order valence-electron chi connectivity index (χ4n) is 2.50. The van der Waals surface area contributed by atoms with Gasteiger partial charge >= 0.3 is 11.7 Å². The molecule has 1 aromatic rings. The van der Waals surface area contributed by atoms with Crippen molar-refractivity contribution in [3.8, 4) is 0 Å². The zero-order valence-corrected chi connectivity index (χ0v) is 10.1. The molecule has 1 N–H and O–H groups in total. The monoisotopic (exact) mass is 253 g/mol. The van der Waals surface area contributed by atoms with E-state index >= 15 is 0 Å². The predicted octanol–water partition coefficient (Wildman–Crippen LogP) is 2.24. The predicted molar refractivity (Wildman–Crippen MR) is 62.5 cm³/mol. The summed E-state index contributed by atoms with van der Waals surface area (Å²) in [5.41, 5.74) is -0.904. The number of hydrogen-bond acceptors (Lipinski definition) is 4. The van der Waals surface area contributed by atoms with Crippen LogP contribution in [0.4, 0.5) is 5.69 Å². The highest BCUT2D eigenvalue weighted by Gasteiger charge is 2.29. The van der Waals surface area contributed by atoms with Gasteiger partial charge in [-0.15, -0.1) is 0 Å². The van der Waals surface area contributed by atoms with E-state index in [1.165, 1.54) is 10.9 Å². The molecule has 1 aliphatic rings. The number of nitrogens with zero attached hydrogens (tertiary/aromatic N) is 3. The number of carboxylic acid groups (broad SMARTS) is 1. The highest BCUT2D eigenvalue weighted by Crippen LogP contribution is 2.33. The number of aromatic nitrogens is 2. The van der Waals surface area contributed by atoms with E-state index in [2.05, 4.69) is 12.0 Å². The van der Waals surface area contributed by atoms with Crippen LogP contribution in [-0.4, -0.2) is 25.8 Å². The highest BCUT2D eigenvalue weighted by atomic mass is 16.6. The van der Waals surface area contributed by atoms with Gasteiger partial charge < -0.3 is 5.11 Å². The molecule has 0 aromatic carbocycles. The van der Waals surface area contributed by atoms with Crippen LogP contribution in [0.15, 0.2) is 6.20 Å². The number of hydrogen-bond donors (Lipinski definition) is 1. The molecule has 0 aliphatic heterocycles. The zero-order valence-electron chi connectivity index (χ0n) is 10.1. The third-order valence-corrected chi connectivity index (χ3v) is 3.39. The Kier molecular flexibility index (Phi) is 3.31. The second-order valence-electron chi connectivity index (χ2n) is 4.83. The second-order valence-corrected chi connectivity index (χ2v) is 4.83. The Labute approximate surface area is 104 Å². The van der Waals surface area contributed by atoms with Gasteiger partial charge in [0.1, 0.15) is 6.20 Å². The van der Waals surface area contributed by atoms with E-state index in [-0.39, 0.29) is 6.04 Å². The summed E-state index contributed by atoms with van der Waals surface area (Å²) in [4.78, 5) is 21.0. The summed E-state index contributed by atoms with van der Waals surface area (Å²) in [6, 6.07) is 0.0700. The summed E-state index contributed by atoms with van der Waals surface area (Å²) in [5, 5.41) is 23.5. The molecule has 2 rings (SSSR count). The minimum Gasteiger partial charge on any atom is -0.476 e. The molecule has 18 heavy (non-hydrogen) atoms. The molecule has 98 valence electrons. The molecule has 0 saturated heterocycles. The van der Waals surface area contributed by atoms with Crippen LogP contribution in [0.3, 0.4) is 0 Å². The molecule has 2 atom stereocenters.